The Morgan fingerprint density at radius 2 is 2.12 bits per heavy atom. The minimum Gasteiger partial charge on any atom is -0.340 e. The highest BCUT2D eigenvalue weighted by molar-refractivity contribution is 5.76. The monoisotopic (exact) mass is 332 g/mol. The number of nitrogens with zero attached hydrogens (tertiary/aromatic N) is 6. The molecule has 1 aliphatic rings. The van der Waals surface area contributed by atoms with E-state index >= 15 is 0 Å². The van der Waals surface area contributed by atoms with Gasteiger partial charge in [-0.3, -0.25) is 24.3 Å². The van der Waals surface area contributed by atoms with Crippen LogP contribution in [0.15, 0.2) is 24.8 Å². The summed E-state index contributed by atoms with van der Waals surface area (Å²) in [5.41, 5.74) is 0.944. The number of rotatable bonds is 4. The lowest BCUT2D eigenvalue weighted by molar-refractivity contribution is -0.385. The van der Waals surface area contributed by atoms with Crippen LogP contribution in [0.2, 0.25) is 0 Å². The third kappa shape index (κ3) is 3.01. The van der Waals surface area contributed by atoms with E-state index < -0.39 is 4.92 Å². The van der Waals surface area contributed by atoms with E-state index in [1.165, 1.54) is 10.9 Å². The first-order valence-corrected chi connectivity index (χ1v) is 7.69. The number of likely N-dealkylation sites (tertiary alicyclic amines) is 1. The molecule has 1 unspecified atom stereocenters. The first kappa shape index (κ1) is 16.2. The fourth-order valence-electron chi connectivity index (χ4n) is 3.27. The molecule has 0 aliphatic carbocycles. The van der Waals surface area contributed by atoms with Crippen molar-refractivity contribution in [2.24, 2.45) is 12.5 Å². The number of carbonyl (C=O) groups is 1. The van der Waals surface area contributed by atoms with Gasteiger partial charge in [-0.25, -0.2) is 0 Å². The molecule has 1 fully saturated rings. The van der Waals surface area contributed by atoms with Crippen LogP contribution in [-0.2, 0) is 18.4 Å². The van der Waals surface area contributed by atoms with Crippen molar-refractivity contribution < 1.29 is 9.72 Å². The SMILES string of the molecule is Cn1cc(C2CN(C(=O)Cn3cc([N+](=O)[O-])cn3)CC2(C)C)cn1. The van der Waals surface area contributed by atoms with Crippen LogP contribution in [-0.4, -0.2) is 48.4 Å². The maximum absolute atomic E-state index is 12.5. The molecule has 1 atom stereocenters. The summed E-state index contributed by atoms with van der Waals surface area (Å²) in [5.74, 6) is 0.120. The third-order valence-corrected chi connectivity index (χ3v) is 4.55. The summed E-state index contributed by atoms with van der Waals surface area (Å²) < 4.78 is 3.07. The van der Waals surface area contributed by atoms with E-state index in [1.807, 2.05) is 19.4 Å². The Hall–Kier alpha value is -2.71. The number of nitro groups is 1. The van der Waals surface area contributed by atoms with Crippen molar-refractivity contribution in [3.05, 3.63) is 40.5 Å². The molecule has 1 saturated heterocycles. The number of hydrogen-bond donors (Lipinski definition) is 0. The van der Waals surface area contributed by atoms with Gasteiger partial charge in [0.15, 0.2) is 0 Å². The average molecular weight is 332 g/mol. The third-order valence-electron chi connectivity index (χ3n) is 4.55. The second-order valence-electron chi connectivity index (χ2n) is 6.92. The second-order valence-corrected chi connectivity index (χ2v) is 6.92. The Morgan fingerprint density at radius 1 is 1.38 bits per heavy atom. The molecular weight excluding hydrogens is 312 g/mol. The summed E-state index contributed by atoms with van der Waals surface area (Å²) in [6.07, 6.45) is 6.26. The van der Waals surface area contributed by atoms with Crippen LogP contribution in [0.3, 0.4) is 0 Å². The van der Waals surface area contributed by atoms with Gasteiger partial charge < -0.3 is 4.90 Å². The van der Waals surface area contributed by atoms with Crippen LogP contribution in [0.5, 0.6) is 0 Å². The Bertz CT molecular complexity index is 778. The van der Waals surface area contributed by atoms with E-state index in [0.717, 1.165) is 11.8 Å². The van der Waals surface area contributed by atoms with Gasteiger partial charge in [0, 0.05) is 32.3 Å². The lowest BCUT2D eigenvalue weighted by atomic mass is 9.79. The number of carbonyl (C=O) groups excluding carboxylic acids is 1. The molecule has 0 N–H and O–H groups in total. The first-order chi connectivity index (χ1) is 11.3. The van der Waals surface area contributed by atoms with Gasteiger partial charge in [-0.05, 0) is 11.0 Å². The van der Waals surface area contributed by atoms with E-state index in [1.54, 1.807) is 9.58 Å². The molecule has 0 radical (unpaired) electrons. The van der Waals surface area contributed by atoms with E-state index in [9.17, 15) is 14.9 Å². The highest BCUT2D eigenvalue weighted by Crippen LogP contribution is 2.42. The van der Waals surface area contributed by atoms with Crippen molar-refractivity contribution in [1.29, 1.82) is 0 Å². The molecule has 0 saturated carbocycles. The fourth-order valence-corrected chi connectivity index (χ4v) is 3.27. The topological polar surface area (TPSA) is 99.1 Å². The van der Waals surface area contributed by atoms with Gasteiger partial charge in [-0.15, -0.1) is 0 Å². The van der Waals surface area contributed by atoms with Crippen molar-refractivity contribution in [3.8, 4) is 0 Å². The van der Waals surface area contributed by atoms with E-state index in [0.29, 0.717) is 13.1 Å². The Kier molecular flexibility index (Phi) is 3.86. The Labute approximate surface area is 139 Å². The lowest BCUT2D eigenvalue weighted by Crippen LogP contribution is -2.33. The van der Waals surface area contributed by atoms with Crippen LogP contribution < -0.4 is 0 Å². The van der Waals surface area contributed by atoms with Crippen molar-refractivity contribution in [2.45, 2.75) is 26.3 Å². The second kappa shape index (κ2) is 5.73. The van der Waals surface area contributed by atoms with Crippen LogP contribution in [0, 0.1) is 15.5 Å². The maximum atomic E-state index is 12.5. The fraction of sp³-hybridized carbons (Fsp3) is 0.533. The van der Waals surface area contributed by atoms with E-state index in [-0.39, 0.29) is 29.5 Å². The number of hydrogen-bond acceptors (Lipinski definition) is 5. The summed E-state index contributed by atoms with van der Waals surface area (Å²) in [5, 5.41) is 18.8. The van der Waals surface area contributed by atoms with Gasteiger partial charge in [-0.1, -0.05) is 13.8 Å². The van der Waals surface area contributed by atoms with Crippen LogP contribution >= 0.6 is 0 Å². The molecule has 128 valence electrons. The Balaban J connectivity index is 1.71. The largest absolute Gasteiger partial charge is 0.340 e. The zero-order chi connectivity index (χ0) is 17.5. The summed E-state index contributed by atoms with van der Waals surface area (Å²) in [6.45, 7) is 5.52. The van der Waals surface area contributed by atoms with Crippen LogP contribution in [0.4, 0.5) is 5.69 Å². The number of aromatic nitrogens is 4. The molecule has 9 heteroatoms. The van der Waals surface area contributed by atoms with Gasteiger partial charge in [0.05, 0.1) is 11.1 Å². The predicted molar refractivity (Wildman–Crippen MR) is 85.2 cm³/mol. The average Bonchev–Trinajstić information content (AvgIpc) is 3.17. The van der Waals surface area contributed by atoms with Gasteiger partial charge in [0.2, 0.25) is 5.91 Å². The molecule has 24 heavy (non-hydrogen) atoms. The van der Waals surface area contributed by atoms with Gasteiger partial charge >= 0.3 is 5.69 Å². The molecule has 1 amide bonds. The molecule has 3 rings (SSSR count). The van der Waals surface area contributed by atoms with Crippen molar-refractivity contribution in [3.63, 3.8) is 0 Å². The molecule has 9 nitrogen and oxygen atoms in total. The standard InChI is InChI=1S/C15H20N6O3/c1-15(2)10-19(8-13(15)11-4-16-18(3)6-11)14(22)9-20-7-12(5-17-20)21(23)24/h4-7,13H,8-10H2,1-3H3. The minimum absolute atomic E-state index is 0.00365. The van der Waals surface area contributed by atoms with Gasteiger partial charge in [0.1, 0.15) is 18.9 Å². The molecular formula is C15H20N6O3. The quantitative estimate of drug-likeness (QED) is 0.618. The maximum Gasteiger partial charge on any atom is 0.307 e. The molecule has 0 aromatic carbocycles. The highest BCUT2D eigenvalue weighted by atomic mass is 16.6. The first-order valence-electron chi connectivity index (χ1n) is 7.69. The normalized spacial score (nSPS) is 19.6. The number of amides is 1. The van der Waals surface area contributed by atoms with Crippen molar-refractivity contribution in [1.82, 2.24) is 24.5 Å². The van der Waals surface area contributed by atoms with Gasteiger partial charge in [0.25, 0.3) is 0 Å². The molecule has 3 heterocycles. The summed E-state index contributed by atoms with van der Waals surface area (Å²) in [6, 6.07) is 0. The summed E-state index contributed by atoms with van der Waals surface area (Å²) in [4.78, 5) is 24.5. The molecule has 2 aromatic heterocycles. The predicted octanol–water partition coefficient (Wildman–Crippen LogP) is 1.18. The Morgan fingerprint density at radius 3 is 2.71 bits per heavy atom. The zero-order valence-corrected chi connectivity index (χ0v) is 13.9. The van der Waals surface area contributed by atoms with Crippen LogP contribution in [0.25, 0.3) is 0 Å². The molecule has 1 aliphatic heterocycles. The summed E-state index contributed by atoms with van der Waals surface area (Å²) in [7, 11) is 1.87. The lowest BCUT2D eigenvalue weighted by Gasteiger charge is -2.24. The van der Waals surface area contributed by atoms with Gasteiger partial charge in [-0.2, -0.15) is 10.2 Å². The molecule has 2 aromatic rings. The van der Waals surface area contributed by atoms with Crippen LogP contribution in [0.1, 0.15) is 25.3 Å². The molecule has 0 bridgehead atoms. The van der Waals surface area contributed by atoms with E-state index in [4.69, 9.17) is 0 Å². The smallest absolute Gasteiger partial charge is 0.307 e. The number of aryl methyl sites for hydroxylation is 1. The highest BCUT2D eigenvalue weighted by Gasteiger charge is 2.42. The van der Waals surface area contributed by atoms with Crippen molar-refractivity contribution in [2.75, 3.05) is 13.1 Å². The van der Waals surface area contributed by atoms with E-state index in [2.05, 4.69) is 24.0 Å². The minimum atomic E-state index is -0.522. The zero-order valence-electron chi connectivity index (χ0n) is 13.9. The molecule has 0 spiro atoms. The summed E-state index contributed by atoms with van der Waals surface area (Å²) >= 11 is 0. The van der Waals surface area contributed by atoms with Crippen molar-refractivity contribution >= 4 is 11.6 Å².